The van der Waals surface area contributed by atoms with E-state index in [2.05, 4.69) is 26.0 Å². The summed E-state index contributed by atoms with van der Waals surface area (Å²) < 4.78 is 48.0. The van der Waals surface area contributed by atoms with Gasteiger partial charge in [-0.1, -0.05) is 15.9 Å². The molecule has 0 aliphatic carbocycles. The number of carbonyl (C=O) groups excluding carboxylic acids is 1. The quantitative estimate of drug-likeness (QED) is 0.710. The van der Waals surface area contributed by atoms with Crippen LogP contribution in [0.25, 0.3) is 0 Å². The van der Waals surface area contributed by atoms with E-state index >= 15 is 0 Å². The highest BCUT2D eigenvalue weighted by Crippen LogP contribution is 2.30. The van der Waals surface area contributed by atoms with Crippen molar-refractivity contribution < 1.29 is 27.4 Å². The normalized spacial score (nSPS) is 18.9. The number of carbonyl (C=O) groups is 1. The third kappa shape index (κ3) is 7.96. The fourth-order valence-electron chi connectivity index (χ4n) is 2.93. The van der Waals surface area contributed by atoms with Crippen LogP contribution in [0.2, 0.25) is 0 Å². The van der Waals surface area contributed by atoms with Gasteiger partial charge in [0, 0.05) is 29.2 Å². The predicted octanol–water partition coefficient (Wildman–Crippen LogP) is 4.84. The first kappa shape index (κ1) is 21.8. The lowest BCUT2D eigenvalue weighted by Gasteiger charge is -2.34. The molecule has 1 aliphatic rings. The topological polar surface area (TPSA) is 50.8 Å². The molecule has 0 bridgehead atoms. The van der Waals surface area contributed by atoms with E-state index in [1.54, 1.807) is 26.8 Å². The summed E-state index contributed by atoms with van der Waals surface area (Å²) in [7, 11) is 0. The monoisotopic (exact) mass is 452 g/mol. The largest absolute Gasteiger partial charge is 0.573 e. The Morgan fingerprint density at radius 1 is 1.33 bits per heavy atom. The van der Waals surface area contributed by atoms with Gasteiger partial charge < -0.3 is 14.8 Å². The number of alkyl carbamates (subject to hydrolysis) is 1. The van der Waals surface area contributed by atoms with Crippen LogP contribution in [0.5, 0.6) is 5.75 Å². The molecule has 2 rings (SSSR count). The van der Waals surface area contributed by atoms with Crippen molar-refractivity contribution >= 4 is 22.0 Å². The van der Waals surface area contributed by atoms with Gasteiger partial charge in [0.15, 0.2) is 0 Å². The summed E-state index contributed by atoms with van der Waals surface area (Å²) in [6.45, 7) is 6.90. The van der Waals surface area contributed by atoms with Gasteiger partial charge in [0.05, 0.1) is 0 Å². The molecule has 1 heterocycles. The molecule has 1 N–H and O–H groups in total. The summed E-state index contributed by atoms with van der Waals surface area (Å²) in [5.74, 6) is -0.215. The van der Waals surface area contributed by atoms with Crippen LogP contribution in [0.1, 0.15) is 39.2 Å². The molecule has 0 aromatic heterocycles. The van der Waals surface area contributed by atoms with Crippen LogP contribution in [-0.4, -0.2) is 42.1 Å². The molecule has 1 atom stereocenters. The van der Waals surface area contributed by atoms with Crippen LogP contribution in [0.15, 0.2) is 22.7 Å². The Morgan fingerprint density at radius 3 is 2.67 bits per heavy atom. The predicted molar refractivity (Wildman–Crippen MR) is 98.5 cm³/mol. The lowest BCUT2D eigenvalue weighted by molar-refractivity contribution is -0.275. The molecule has 0 saturated carbocycles. The number of piperidine rings is 1. The molecule has 9 heteroatoms. The minimum atomic E-state index is -4.74. The summed E-state index contributed by atoms with van der Waals surface area (Å²) >= 11 is 3.28. The van der Waals surface area contributed by atoms with Gasteiger partial charge in [-0.2, -0.15) is 0 Å². The van der Waals surface area contributed by atoms with Gasteiger partial charge >= 0.3 is 12.5 Å². The molecule has 152 valence electrons. The van der Waals surface area contributed by atoms with E-state index < -0.39 is 18.1 Å². The molecular weight excluding hydrogens is 429 g/mol. The first-order valence-electron chi connectivity index (χ1n) is 8.67. The average Bonchev–Trinajstić information content (AvgIpc) is 2.47. The number of benzene rings is 1. The number of rotatable bonds is 4. The minimum Gasteiger partial charge on any atom is -0.444 e. The number of alkyl halides is 3. The van der Waals surface area contributed by atoms with Crippen molar-refractivity contribution in [2.24, 2.45) is 0 Å². The molecule has 1 saturated heterocycles. The number of likely N-dealkylation sites (tertiary alicyclic amines) is 1. The number of amides is 1. The van der Waals surface area contributed by atoms with Crippen LogP contribution < -0.4 is 10.1 Å². The average molecular weight is 453 g/mol. The molecule has 1 aromatic rings. The van der Waals surface area contributed by atoms with Crippen molar-refractivity contribution in [1.82, 2.24) is 10.2 Å². The molecule has 27 heavy (non-hydrogen) atoms. The summed E-state index contributed by atoms with van der Waals surface area (Å²) in [5, 5.41) is 2.83. The van der Waals surface area contributed by atoms with E-state index in [0.717, 1.165) is 19.4 Å². The summed E-state index contributed by atoms with van der Waals surface area (Å²) in [4.78, 5) is 13.9. The zero-order valence-corrected chi connectivity index (χ0v) is 17.1. The summed E-state index contributed by atoms with van der Waals surface area (Å²) in [6.07, 6.45) is -3.62. The van der Waals surface area contributed by atoms with E-state index in [1.165, 1.54) is 12.1 Å². The third-order valence-electron chi connectivity index (χ3n) is 3.87. The van der Waals surface area contributed by atoms with Crippen molar-refractivity contribution in [2.45, 2.75) is 58.2 Å². The fourth-order valence-corrected chi connectivity index (χ4v) is 3.34. The Balaban J connectivity index is 2.01. The molecule has 0 radical (unpaired) electrons. The van der Waals surface area contributed by atoms with Crippen LogP contribution >= 0.6 is 15.9 Å². The summed E-state index contributed by atoms with van der Waals surface area (Å²) in [5.41, 5.74) is -0.155. The van der Waals surface area contributed by atoms with Gasteiger partial charge in [0.25, 0.3) is 0 Å². The number of ether oxygens (including phenoxy) is 2. The number of hydrogen-bond donors (Lipinski definition) is 1. The number of halogens is 4. The van der Waals surface area contributed by atoms with Gasteiger partial charge in [0.1, 0.15) is 11.4 Å². The van der Waals surface area contributed by atoms with Crippen LogP contribution in [0.4, 0.5) is 18.0 Å². The lowest BCUT2D eigenvalue weighted by Crippen LogP contribution is -2.48. The maximum absolute atomic E-state index is 12.6. The SMILES string of the molecule is CC(C)(C)OC(=O)NC1CCCN(Cc2cc(Br)ccc2OC(F)(F)F)C1. The zero-order valence-electron chi connectivity index (χ0n) is 15.5. The maximum atomic E-state index is 12.6. The number of nitrogens with one attached hydrogen (secondary N) is 1. The van der Waals surface area contributed by atoms with Crippen LogP contribution in [0.3, 0.4) is 0 Å². The van der Waals surface area contributed by atoms with Crippen molar-refractivity contribution in [3.05, 3.63) is 28.2 Å². The maximum Gasteiger partial charge on any atom is 0.573 e. The van der Waals surface area contributed by atoms with Crippen LogP contribution in [-0.2, 0) is 11.3 Å². The van der Waals surface area contributed by atoms with Gasteiger partial charge in [-0.3, -0.25) is 4.90 Å². The first-order chi connectivity index (χ1) is 12.4. The van der Waals surface area contributed by atoms with E-state index in [1.807, 2.05) is 4.90 Å². The van der Waals surface area contributed by atoms with Crippen molar-refractivity contribution in [3.8, 4) is 5.75 Å². The highest BCUT2D eigenvalue weighted by Gasteiger charge is 2.32. The van der Waals surface area contributed by atoms with Gasteiger partial charge in [-0.05, 0) is 58.4 Å². The molecule has 1 amide bonds. The molecule has 5 nitrogen and oxygen atoms in total. The third-order valence-corrected chi connectivity index (χ3v) is 4.36. The zero-order chi connectivity index (χ0) is 20.2. The Hall–Kier alpha value is -1.48. The van der Waals surface area contributed by atoms with Crippen molar-refractivity contribution in [1.29, 1.82) is 0 Å². The highest BCUT2D eigenvalue weighted by atomic mass is 79.9. The Labute approximate surface area is 165 Å². The van der Waals surface area contributed by atoms with Gasteiger partial charge in [-0.25, -0.2) is 4.79 Å². The smallest absolute Gasteiger partial charge is 0.444 e. The molecule has 1 aliphatic heterocycles. The Bertz CT molecular complexity index is 662. The molecule has 1 aromatic carbocycles. The molecule has 0 spiro atoms. The molecular formula is C18H24BrF3N2O3. The van der Waals surface area contributed by atoms with E-state index in [0.29, 0.717) is 16.6 Å². The van der Waals surface area contributed by atoms with Gasteiger partial charge in [0.2, 0.25) is 0 Å². The molecule has 1 unspecified atom stereocenters. The lowest BCUT2D eigenvalue weighted by atomic mass is 10.0. The second kappa shape index (κ2) is 8.68. The summed E-state index contributed by atoms with van der Waals surface area (Å²) in [6, 6.07) is 4.31. The van der Waals surface area contributed by atoms with Crippen molar-refractivity contribution in [3.63, 3.8) is 0 Å². The second-order valence-electron chi connectivity index (χ2n) is 7.52. The van der Waals surface area contributed by atoms with E-state index in [-0.39, 0.29) is 18.3 Å². The van der Waals surface area contributed by atoms with Crippen LogP contribution in [0, 0.1) is 0 Å². The molecule has 1 fully saturated rings. The van der Waals surface area contributed by atoms with Crippen molar-refractivity contribution in [2.75, 3.05) is 13.1 Å². The Morgan fingerprint density at radius 2 is 2.04 bits per heavy atom. The minimum absolute atomic E-state index is 0.118. The van der Waals surface area contributed by atoms with Gasteiger partial charge in [-0.15, -0.1) is 13.2 Å². The van der Waals surface area contributed by atoms with E-state index in [9.17, 15) is 18.0 Å². The number of hydrogen-bond acceptors (Lipinski definition) is 4. The fraction of sp³-hybridized carbons (Fsp3) is 0.611. The standard InChI is InChI=1S/C18H24BrF3N2O3/c1-17(2,3)27-16(25)23-14-5-4-8-24(11-14)10-12-9-13(19)6-7-15(12)26-18(20,21)22/h6-7,9,14H,4-5,8,10-11H2,1-3H3,(H,23,25). The Kier molecular flexibility index (Phi) is 7.02. The number of nitrogens with zero attached hydrogens (tertiary/aromatic N) is 1. The van der Waals surface area contributed by atoms with E-state index in [4.69, 9.17) is 4.74 Å². The second-order valence-corrected chi connectivity index (χ2v) is 8.44. The highest BCUT2D eigenvalue weighted by molar-refractivity contribution is 9.10. The first-order valence-corrected chi connectivity index (χ1v) is 9.46.